The lowest BCUT2D eigenvalue weighted by atomic mass is 9.61. The Morgan fingerprint density at radius 1 is 1.21 bits per heavy atom. The van der Waals surface area contributed by atoms with E-state index < -0.39 is 0 Å². The fourth-order valence-corrected chi connectivity index (χ4v) is 5.21. The van der Waals surface area contributed by atoms with Crippen LogP contribution in [0.1, 0.15) is 33.6 Å². The van der Waals surface area contributed by atoms with E-state index in [0.717, 1.165) is 6.42 Å². The van der Waals surface area contributed by atoms with Gasteiger partial charge in [0.25, 0.3) is 0 Å². The number of fused-ring (bicyclic) bond motifs is 3. The molecule has 24 heavy (non-hydrogen) atoms. The van der Waals surface area contributed by atoms with Crippen LogP contribution in [-0.2, 0) is 0 Å². The van der Waals surface area contributed by atoms with Crippen molar-refractivity contribution in [3.05, 3.63) is 82.1 Å². The molecule has 3 aliphatic rings. The van der Waals surface area contributed by atoms with Gasteiger partial charge >= 0.3 is 0 Å². The Morgan fingerprint density at radius 2 is 2.00 bits per heavy atom. The summed E-state index contributed by atoms with van der Waals surface area (Å²) in [5.41, 5.74) is 3.55. The minimum Gasteiger partial charge on any atom is -0.0991 e. The van der Waals surface area contributed by atoms with Gasteiger partial charge in [0.15, 0.2) is 0 Å². The molecule has 0 aromatic rings. The molecule has 0 aliphatic heterocycles. The zero-order valence-corrected chi connectivity index (χ0v) is 17.1. The maximum absolute atomic E-state index is 3.70. The van der Waals surface area contributed by atoms with Crippen molar-refractivity contribution in [1.29, 1.82) is 0 Å². The highest BCUT2D eigenvalue weighted by atomic mass is 127. The Kier molecular flexibility index (Phi) is 4.92. The summed E-state index contributed by atoms with van der Waals surface area (Å²) in [6, 6.07) is 0. The summed E-state index contributed by atoms with van der Waals surface area (Å²) in [6.07, 6.45) is 24.4. The first kappa shape index (κ1) is 17.7. The first-order valence-corrected chi connectivity index (χ1v) is 9.88. The van der Waals surface area contributed by atoms with Crippen LogP contribution in [0.4, 0.5) is 0 Å². The van der Waals surface area contributed by atoms with Crippen molar-refractivity contribution in [1.82, 2.24) is 0 Å². The normalized spacial score (nSPS) is 33.9. The monoisotopic (exact) mass is 430 g/mol. The second kappa shape index (κ2) is 6.67. The van der Waals surface area contributed by atoms with Gasteiger partial charge < -0.3 is 0 Å². The molecule has 3 aliphatic carbocycles. The fraction of sp³-hybridized carbons (Fsp3) is 0.391. The molecule has 3 atom stereocenters. The third-order valence-electron chi connectivity index (χ3n) is 6.36. The topological polar surface area (TPSA) is 0 Å². The first-order valence-electron chi connectivity index (χ1n) is 8.80. The Morgan fingerprint density at radius 3 is 2.75 bits per heavy atom. The van der Waals surface area contributed by atoms with Crippen molar-refractivity contribution in [3.63, 3.8) is 0 Å². The molecule has 0 bridgehead atoms. The van der Waals surface area contributed by atoms with E-state index in [0.29, 0.717) is 11.8 Å². The van der Waals surface area contributed by atoms with Gasteiger partial charge in [0.2, 0.25) is 0 Å². The van der Waals surface area contributed by atoms with Crippen molar-refractivity contribution >= 4 is 22.6 Å². The Hall–Kier alpha value is -1.09. The van der Waals surface area contributed by atoms with Gasteiger partial charge in [0.1, 0.15) is 0 Å². The van der Waals surface area contributed by atoms with E-state index in [1.807, 2.05) is 18.2 Å². The Balaban J connectivity index is 1.88. The quantitative estimate of drug-likeness (QED) is 0.330. The highest BCUT2D eigenvalue weighted by Gasteiger charge is 2.58. The van der Waals surface area contributed by atoms with E-state index in [2.05, 4.69) is 92.5 Å². The van der Waals surface area contributed by atoms with E-state index in [1.165, 1.54) is 15.6 Å². The third kappa shape index (κ3) is 2.85. The van der Waals surface area contributed by atoms with Crippen molar-refractivity contribution in [2.75, 3.05) is 0 Å². The Labute approximate surface area is 160 Å². The number of allylic oxidation sites excluding steroid dienone is 13. The predicted molar refractivity (Wildman–Crippen MR) is 114 cm³/mol. The SMILES string of the molecule is C=C/C=C\C=C/CC1=C[C@]2(C)C(C=C1)C1=CC=C(I)CC1C2(C)C. The van der Waals surface area contributed by atoms with Crippen LogP contribution in [0.3, 0.4) is 0 Å². The van der Waals surface area contributed by atoms with Gasteiger partial charge in [-0.05, 0) is 55.9 Å². The number of hydrogen-bond acceptors (Lipinski definition) is 0. The summed E-state index contributed by atoms with van der Waals surface area (Å²) in [7, 11) is 0. The minimum absolute atomic E-state index is 0.202. The van der Waals surface area contributed by atoms with Crippen LogP contribution in [0.2, 0.25) is 0 Å². The molecule has 1 saturated carbocycles. The van der Waals surface area contributed by atoms with Gasteiger partial charge in [-0.15, -0.1) is 0 Å². The van der Waals surface area contributed by atoms with Crippen LogP contribution in [0.15, 0.2) is 82.1 Å². The lowest BCUT2D eigenvalue weighted by Gasteiger charge is -2.43. The lowest BCUT2D eigenvalue weighted by molar-refractivity contribution is 0.119. The first-order chi connectivity index (χ1) is 11.4. The van der Waals surface area contributed by atoms with E-state index >= 15 is 0 Å². The smallest absolute Gasteiger partial charge is 0.00802 e. The number of rotatable bonds is 4. The van der Waals surface area contributed by atoms with Crippen molar-refractivity contribution < 1.29 is 0 Å². The average molecular weight is 430 g/mol. The molecule has 0 heterocycles. The van der Waals surface area contributed by atoms with Crippen LogP contribution in [-0.4, -0.2) is 0 Å². The van der Waals surface area contributed by atoms with Crippen LogP contribution in [0.5, 0.6) is 0 Å². The van der Waals surface area contributed by atoms with Crippen LogP contribution < -0.4 is 0 Å². The second-order valence-electron chi connectivity index (χ2n) is 7.85. The van der Waals surface area contributed by atoms with Crippen molar-refractivity contribution in [3.8, 4) is 0 Å². The molecule has 0 aromatic heterocycles. The van der Waals surface area contributed by atoms with Gasteiger partial charge in [-0.1, -0.05) is 93.7 Å². The summed E-state index contributed by atoms with van der Waals surface area (Å²) in [4.78, 5) is 0. The molecule has 3 rings (SSSR count). The van der Waals surface area contributed by atoms with Gasteiger partial charge in [-0.2, -0.15) is 0 Å². The molecule has 0 saturated heterocycles. The summed E-state index contributed by atoms with van der Waals surface area (Å²) < 4.78 is 1.49. The molecule has 126 valence electrons. The highest BCUT2D eigenvalue weighted by molar-refractivity contribution is 14.1. The zero-order valence-electron chi connectivity index (χ0n) is 14.9. The molecule has 0 aromatic carbocycles. The standard InChI is InChI=1S/C23H27I/c1-5-6-7-8-9-10-17-11-14-20-19-13-12-18(24)15-21(19)22(2,3)23(20,4)16-17/h5-9,11-14,16,20-21H,1,10,15H2,2-4H3/b7-6-,9-8-/t20?,21?,23-/m1/s1. The van der Waals surface area contributed by atoms with Crippen LogP contribution >= 0.6 is 22.6 Å². The molecule has 0 radical (unpaired) electrons. The summed E-state index contributed by atoms with van der Waals surface area (Å²) in [6.45, 7) is 11.1. The largest absolute Gasteiger partial charge is 0.0991 e. The van der Waals surface area contributed by atoms with Crippen LogP contribution in [0.25, 0.3) is 0 Å². The molecule has 1 heteroatoms. The number of halogens is 1. The van der Waals surface area contributed by atoms with Gasteiger partial charge in [0, 0.05) is 11.3 Å². The van der Waals surface area contributed by atoms with E-state index in [-0.39, 0.29) is 10.8 Å². The van der Waals surface area contributed by atoms with Gasteiger partial charge in [0.05, 0.1) is 0 Å². The molecular weight excluding hydrogens is 403 g/mol. The molecule has 1 fully saturated rings. The minimum atomic E-state index is 0.202. The van der Waals surface area contributed by atoms with Gasteiger partial charge in [-0.3, -0.25) is 0 Å². The summed E-state index contributed by atoms with van der Waals surface area (Å²) in [5.74, 6) is 1.21. The average Bonchev–Trinajstić information content (AvgIpc) is 2.71. The molecular formula is C23H27I. The predicted octanol–water partition coefficient (Wildman–Crippen LogP) is 7.10. The van der Waals surface area contributed by atoms with Gasteiger partial charge in [-0.25, -0.2) is 0 Å². The fourth-order valence-electron chi connectivity index (χ4n) is 4.59. The Bertz CT molecular complexity index is 708. The molecule has 0 spiro atoms. The molecule has 2 unspecified atom stereocenters. The zero-order chi connectivity index (χ0) is 17.4. The maximum atomic E-state index is 3.70. The summed E-state index contributed by atoms with van der Waals surface area (Å²) in [5, 5.41) is 0. The maximum Gasteiger partial charge on any atom is 0.00802 e. The molecule has 0 N–H and O–H groups in total. The van der Waals surface area contributed by atoms with Crippen LogP contribution in [0, 0.1) is 22.7 Å². The third-order valence-corrected chi connectivity index (χ3v) is 7.16. The van der Waals surface area contributed by atoms with Crippen molar-refractivity contribution in [2.24, 2.45) is 22.7 Å². The highest BCUT2D eigenvalue weighted by Crippen LogP contribution is 2.66. The van der Waals surface area contributed by atoms with Crippen molar-refractivity contribution in [2.45, 2.75) is 33.6 Å². The van der Waals surface area contributed by atoms with E-state index in [1.54, 1.807) is 5.57 Å². The van der Waals surface area contributed by atoms with E-state index in [4.69, 9.17) is 0 Å². The van der Waals surface area contributed by atoms with E-state index in [9.17, 15) is 0 Å². The second-order valence-corrected chi connectivity index (χ2v) is 9.24. The summed E-state index contributed by atoms with van der Waals surface area (Å²) >= 11 is 2.50. The number of hydrogen-bond donors (Lipinski definition) is 0. The molecule has 0 amide bonds. The molecule has 0 nitrogen and oxygen atoms in total. The lowest BCUT2D eigenvalue weighted by Crippen LogP contribution is -2.36.